The smallest absolute Gasteiger partial charge is 0.256 e. The second-order valence-electron chi connectivity index (χ2n) is 11.1. The summed E-state index contributed by atoms with van der Waals surface area (Å²) in [6, 6.07) is 16.5. The third kappa shape index (κ3) is 5.59. The van der Waals surface area contributed by atoms with E-state index in [4.69, 9.17) is 9.97 Å². The lowest BCUT2D eigenvalue weighted by Crippen LogP contribution is -2.37. The molecule has 4 aromatic rings. The molecule has 0 spiro atoms. The normalized spacial score (nSPS) is 17.0. The van der Waals surface area contributed by atoms with E-state index < -0.39 is 9.84 Å². The van der Waals surface area contributed by atoms with Crippen molar-refractivity contribution in [1.82, 2.24) is 19.9 Å². The van der Waals surface area contributed by atoms with Crippen LogP contribution >= 0.6 is 0 Å². The summed E-state index contributed by atoms with van der Waals surface area (Å²) in [4.78, 5) is 38.1. The van der Waals surface area contributed by atoms with Crippen LogP contribution < -0.4 is 15.8 Å². The Morgan fingerprint density at radius 3 is 2.50 bits per heavy atom. The van der Waals surface area contributed by atoms with Crippen molar-refractivity contribution < 1.29 is 13.2 Å². The number of nitrogens with one attached hydrogen (secondary N) is 1. The van der Waals surface area contributed by atoms with Gasteiger partial charge in [-0.15, -0.1) is 0 Å². The molecule has 0 saturated carbocycles. The van der Waals surface area contributed by atoms with Crippen LogP contribution in [0.5, 0.6) is 0 Å². The average molecular weight is 584 g/mol. The van der Waals surface area contributed by atoms with Gasteiger partial charge in [0.15, 0.2) is 15.5 Å². The molecule has 216 valence electrons. The zero-order valence-corrected chi connectivity index (χ0v) is 24.5. The molecule has 1 amide bonds. The molecule has 1 saturated heterocycles. The maximum Gasteiger partial charge on any atom is 0.256 e. The molecular formula is C32H33N5O4S. The van der Waals surface area contributed by atoms with Gasteiger partial charge in [0.2, 0.25) is 5.95 Å². The lowest BCUT2D eigenvalue weighted by molar-refractivity contribution is 0.0951. The minimum atomic E-state index is -3.28. The summed E-state index contributed by atoms with van der Waals surface area (Å²) in [7, 11) is -3.28. The number of carbonyl (C=O) groups excluding carboxylic acids is 1. The quantitative estimate of drug-likeness (QED) is 0.336. The molecule has 3 heterocycles. The standard InChI is InChI=1S/C32H33N5O4S/c1-21-28-15-16-29(38)37(30(28)35-32(34-21)36-18-17-23-5-3-4-6-25(23)20-36)26-11-9-24(10-12-26)31(39)33-19-22-7-13-27(14-8-22)42(2,40)41/h6-16,23H,3-5,17-20H2,1-2H3,(H,33,39). The fraction of sp³-hybridized carbons (Fsp3) is 0.312. The second kappa shape index (κ2) is 11.2. The number of aryl methyl sites for hydroxylation is 1. The summed E-state index contributed by atoms with van der Waals surface area (Å²) in [5, 5.41) is 3.66. The van der Waals surface area contributed by atoms with E-state index in [1.807, 2.05) is 6.92 Å². The Hall–Kier alpha value is -4.31. The zero-order valence-electron chi connectivity index (χ0n) is 23.7. The summed E-state index contributed by atoms with van der Waals surface area (Å²) in [6.45, 7) is 3.89. The van der Waals surface area contributed by atoms with E-state index >= 15 is 0 Å². The lowest BCUT2D eigenvalue weighted by atomic mass is 9.82. The first kappa shape index (κ1) is 27.8. The Morgan fingerprint density at radius 1 is 1.00 bits per heavy atom. The molecule has 2 aliphatic rings. The monoisotopic (exact) mass is 583 g/mol. The van der Waals surface area contributed by atoms with E-state index in [0.29, 0.717) is 28.8 Å². The van der Waals surface area contributed by atoms with Gasteiger partial charge in [-0.05, 0) is 86.6 Å². The van der Waals surface area contributed by atoms with Crippen LogP contribution in [0.1, 0.15) is 47.3 Å². The lowest BCUT2D eigenvalue weighted by Gasteiger charge is -2.36. The number of amides is 1. The van der Waals surface area contributed by atoms with Crippen molar-refractivity contribution in [3.05, 3.63) is 99.5 Å². The molecular weight excluding hydrogens is 550 g/mol. The summed E-state index contributed by atoms with van der Waals surface area (Å²) in [5.74, 6) is 1.01. The van der Waals surface area contributed by atoms with Crippen LogP contribution in [0.3, 0.4) is 0 Å². The highest BCUT2D eigenvalue weighted by atomic mass is 32.2. The number of fused-ring (bicyclic) bond motifs is 2. The number of nitrogens with zero attached hydrogens (tertiary/aromatic N) is 4. The van der Waals surface area contributed by atoms with Crippen LogP contribution in [0.2, 0.25) is 0 Å². The number of aromatic nitrogens is 3. The Morgan fingerprint density at radius 2 is 1.76 bits per heavy atom. The molecule has 1 aliphatic carbocycles. The highest BCUT2D eigenvalue weighted by Gasteiger charge is 2.27. The predicted octanol–water partition coefficient (Wildman–Crippen LogP) is 4.36. The van der Waals surface area contributed by atoms with Crippen molar-refractivity contribution in [2.75, 3.05) is 24.2 Å². The van der Waals surface area contributed by atoms with Gasteiger partial charge in [0.05, 0.1) is 16.3 Å². The number of pyridine rings is 1. The van der Waals surface area contributed by atoms with Crippen molar-refractivity contribution >= 4 is 32.7 Å². The summed E-state index contributed by atoms with van der Waals surface area (Å²) in [5.41, 5.74) is 4.44. The van der Waals surface area contributed by atoms with Crippen LogP contribution in [-0.4, -0.2) is 48.2 Å². The van der Waals surface area contributed by atoms with Crippen molar-refractivity contribution in [2.45, 2.75) is 44.0 Å². The molecule has 1 atom stereocenters. The molecule has 2 aromatic carbocycles. The number of piperidine rings is 1. The molecule has 10 heteroatoms. The minimum Gasteiger partial charge on any atom is -0.348 e. The number of allylic oxidation sites excluding steroid dienone is 1. The van der Waals surface area contributed by atoms with Gasteiger partial charge in [0.1, 0.15) is 0 Å². The summed E-state index contributed by atoms with van der Waals surface area (Å²) in [6.07, 6.45) is 8.25. The molecule has 1 fully saturated rings. The van der Waals surface area contributed by atoms with Crippen LogP contribution in [0.15, 0.2) is 82.0 Å². The van der Waals surface area contributed by atoms with Gasteiger partial charge in [-0.3, -0.25) is 14.2 Å². The number of benzene rings is 2. The van der Waals surface area contributed by atoms with Gasteiger partial charge in [-0.25, -0.2) is 13.4 Å². The van der Waals surface area contributed by atoms with E-state index in [2.05, 4.69) is 16.3 Å². The Labute approximate surface area is 244 Å². The maximum atomic E-state index is 13.1. The topological polar surface area (TPSA) is 114 Å². The number of carbonyl (C=O) groups is 1. The molecule has 2 aromatic heterocycles. The predicted molar refractivity (Wildman–Crippen MR) is 163 cm³/mol. The van der Waals surface area contributed by atoms with Gasteiger partial charge in [-0.2, -0.15) is 4.98 Å². The minimum absolute atomic E-state index is 0.213. The molecule has 1 unspecified atom stereocenters. The third-order valence-electron chi connectivity index (χ3n) is 8.21. The van der Waals surface area contributed by atoms with Crippen molar-refractivity contribution in [1.29, 1.82) is 0 Å². The van der Waals surface area contributed by atoms with Crippen molar-refractivity contribution in [2.24, 2.45) is 5.92 Å². The van der Waals surface area contributed by atoms with Crippen LogP contribution in [-0.2, 0) is 16.4 Å². The molecule has 42 heavy (non-hydrogen) atoms. The van der Waals surface area contributed by atoms with E-state index in [-0.39, 0.29) is 22.9 Å². The van der Waals surface area contributed by atoms with E-state index in [9.17, 15) is 18.0 Å². The maximum absolute atomic E-state index is 13.1. The number of hydrogen-bond donors (Lipinski definition) is 1. The van der Waals surface area contributed by atoms with Gasteiger partial charge in [0.25, 0.3) is 11.5 Å². The first-order chi connectivity index (χ1) is 20.2. The van der Waals surface area contributed by atoms with Crippen molar-refractivity contribution in [3.8, 4) is 5.69 Å². The number of sulfone groups is 1. The van der Waals surface area contributed by atoms with Gasteiger partial charge < -0.3 is 10.2 Å². The zero-order chi connectivity index (χ0) is 29.4. The van der Waals surface area contributed by atoms with E-state index in [1.54, 1.807) is 47.0 Å². The molecule has 9 nitrogen and oxygen atoms in total. The van der Waals surface area contributed by atoms with Crippen LogP contribution in [0, 0.1) is 12.8 Å². The van der Waals surface area contributed by atoms with Crippen LogP contribution in [0.25, 0.3) is 16.7 Å². The third-order valence-corrected chi connectivity index (χ3v) is 9.34. The Kier molecular flexibility index (Phi) is 7.40. The van der Waals surface area contributed by atoms with Gasteiger partial charge >= 0.3 is 0 Å². The van der Waals surface area contributed by atoms with Gasteiger partial charge in [0, 0.05) is 42.9 Å². The Bertz CT molecular complexity index is 1860. The van der Waals surface area contributed by atoms with Crippen LogP contribution in [0.4, 0.5) is 5.95 Å². The second-order valence-corrected chi connectivity index (χ2v) is 13.1. The largest absolute Gasteiger partial charge is 0.348 e. The molecule has 6 rings (SSSR count). The van der Waals surface area contributed by atoms with Gasteiger partial charge in [-0.1, -0.05) is 23.8 Å². The fourth-order valence-corrected chi connectivity index (χ4v) is 6.48. The highest BCUT2D eigenvalue weighted by Crippen LogP contribution is 2.33. The van der Waals surface area contributed by atoms with Crippen molar-refractivity contribution in [3.63, 3.8) is 0 Å². The number of rotatable bonds is 6. The number of anilines is 1. The SMILES string of the molecule is Cc1nc(N2CCC3CCCC=C3C2)nc2c1ccc(=O)n2-c1ccc(C(=O)NCc2ccc(S(C)(=O)=O)cc2)cc1. The first-order valence-electron chi connectivity index (χ1n) is 14.2. The van der Waals surface area contributed by atoms with E-state index in [0.717, 1.165) is 48.8 Å². The number of hydrogen-bond acceptors (Lipinski definition) is 7. The summed E-state index contributed by atoms with van der Waals surface area (Å²) >= 11 is 0. The fourth-order valence-electron chi connectivity index (χ4n) is 5.85. The molecule has 0 bridgehead atoms. The Balaban J connectivity index is 1.24. The molecule has 0 radical (unpaired) electrons. The highest BCUT2D eigenvalue weighted by molar-refractivity contribution is 7.90. The first-order valence-corrected chi connectivity index (χ1v) is 16.1. The summed E-state index contributed by atoms with van der Waals surface area (Å²) < 4.78 is 24.9. The van der Waals surface area contributed by atoms with E-state index in [1.165, 1.54) is 36.6 Å². The molecule has 1 aliphatic heterocycles. The average Bonchev–Trinajstić information content (AvgIpc) is 2.99. The molecule has 1 N–H and O–H groups in total.